The van der Waals surface area contributed by atoms with E-state index in [-0.39, 0.29) is 17.7 Å². The van der Waals surface area contributed by atoms with E-state index in [4.69, 9.17) is 9.68 Å². The Morgan fingerprint density at radius 1 is 1.15 bits per heavy atom. The fraction of sp³-hybridized carbons (Fsp3) is 0.550. The summed E-state index contributed by atoms with van der Waals surface area (Å²) < 4.78 is 0. The van der Waals surface area contributed by atoms with Crippen molar-refractivity contribution in [3.05, 3.63) is 42.0 Å². The molecular weight excluding hydrogens is 330 g/mol. The van der Waals surface area contributed by atoms with Gasteiger partial charge in [0.05, 0.1) is 5.70 Å². The molecule has 0 unspecified atom stereocenters. The van der Waals surface area contributed by atoms with E-state index in [0.717, 1.165) is 36.9 Å². The second-order valence-corrected chi connectivity index (χ2v) is 7.48. The van der Waals surface area contributed by atoms with Crippen LogP contribution in [0.5, 0.6) is 0 Å². The van der Waals surface area contributed by atoms with Gasteiger partial charge >= 0.3 is 6.09 Å². The molecule has 1 amide bonds. The van der Waals surface area contributed by atoms with Gasteiger partial charge in [0.2, 0.25) is 0 Å². The number of nitrogens with zero attached hydrogens (tertiary/aromatic N) is 1. The van der Waals surface area contributed by atoms with Crippen LogP contribution in [0.2, 0.25) is 0 Å². The van der Waals surface area contributed by atoms with Crippen LogP contribution in [0.25, 0.3) is 5.70 Å². The molecule has 1 aromatic rings. The zero-order valence-corrected chi connectivity index (χ0v) is 15.1. The Bertz CT molecular complexity index is 648. The Balaban J connectivity index is 1.27. The Morgan fingerprint density at radius 2 is 1.88 bits per heavy atom. The summed E-state index contributed by atoms with van der Waals surface area (Å²) in [5, 5.41) is 4.75. The quantitative estimate of drug-likeness (QED) is 0.868. The first-order valence-electron chi connectivity index (χ1n) is 9.68. The van der Waals surface area contributed by atoms with E-state index in [9.17, 15) is 4.79 Å². The highest BCUT2D eigenvalue weighted by atomic mass is 16.7. The van der Waals surface area contributed by atoms with E-state index in [2.05, 4.69) is 29.0 Å². The molecule has 0 aromatic heterocycles. The fourth-order valence-corrected chi connectivity index (χ4v) is 4.00. The fourth-order valence-electron chi connectivity index (χ4n) is 4.00. The van der Waals surface area contributed by atoms with Crippen molar-refractivity contribution < 1.29 is 14.5 Å². The van der Waals surface area contributed by atoms with Crippen LogP contribution in [-0.4, -0.2) is 35.9 Å². The van der Waals surface area contributed by atoms with Gasteiger partial charge < -0.3 is 10.2 Å². The van der Waals surface area contributed by atoms with E-state index >= 15 is 0 Å². The number of hydroxylamine groups is 3. The highest BCUT2D eigenvalue weighted by molar-refractivity contribution is 5.67. The van der Waals surface area contributed by atoms with Crippen LogP contribution in [0, 0.1) is 0 Å². The van der Waals surface area contributed by atoms with Gasteiger partial charge in [-0.3, -0.25) is 10.3 Å². The average molecular weight is 357 g/mol. The molecule has 2 aliphatic heterocycles. The largest absolute Gasteiger partial charge is 0.426 e. The normalized spacial score (nSPS) is 23.3. The van der Waals surface area contributed by atoms with Crippen molar-refractivity contribution >= 4 is 11.8 Å². The molecule has 2 heterocycles. The van der Waals surface area contributed by atoms with Crippen molar-refractivity contribution in [3.63, 3.8) is 0 Å². The van der Waals surface area contributed by atoms with Gasteiger partial charge in [-0.05, 0) is 37.3 Å². The summed E-state index contributed by atoms with van der Waals surface area (Å²) in [6, 6.07) is 10.4. The molecule has 6 nitrogen and oxygen atoms in total. The van der Waals surface area contributed by atoms with Gasteiger partial charge in [0.1, 0.15) is 5.60 Å². The Morgan fingerprint density at radius 3 is 2.62 bits per heavy atom. The summed E-state index contributed by atoms with van der Waals surface area (Å²) >= 11 is 0. The lowest BCUT2D eigenvalue weighted by Gasteiger charge is -2.35. The van der Waals surface area contributed by atoms with Gasteiger partial charge in [-0.2, -0.15) is 0 Å². The number of hydrogen-bond donors (Lipinski definition) is 2. The van der Waals surface area contributed by atoms with Gasteiger partial charge in [0.25, 0.3) is 0 Å². The maximum atomic E-state index is 12.1. The van der Waals surface area contributed by atoms with Crippen molar-refractivity contribution in [2.45, 2.75) is 56.6 Å². The van der Waals surface area contributed by atoms with Crippen molar-refractivity contribution in [1.29, 1.82) is 0 Å². The maximum absolute atomic E-state index is 12.1. The lowest BCUT2D eigenvalue weighted by atomic mass is 9.91. The van der Waals surface area contributed by atoms with Crippen LogP contribution in [-0.2, 0) is 9.68 Å². The second-order valence-electron chi connectivity index (χ2n) is 7.48. The molecule has 4 rings (SSSR count). The molecule has 2 fully saturated rings. The topological polar surface area (TPSA) is 62.8 Å². The second kappa shape index (κ2) is 7.68. The molecule has 0 bridgehead atoms. The molecule has 2 N–H and O–H groups in total. The lowest BCUT2D eigenvalue weighted by molar-refractivity contribution is -0.157. The van der Waals surface area contributed by atoms with Crippen molar-refractivity contribution in [2.75, 3.05) is 13.1 Å². The lowest BCUT2D eigenvalue weighted by Crippen LogP contribution is -2.47. The summed E-state index contributed by atoms with van der Waals surface area (Å²) in [6.45, 7) is 1.33. The molecule has 1 aromatic carbocycles. The molecule has 0 atom stereocenters. The van der Waals surface area contributed by atoms with Crippen LogP contribution in [0.4, 0.5) is 4.79 Å². The Labute approximate surface area is 154 Å². The zero-order valence-electron chi connectivity index (χ0n) is 15.1. The SMILES string of the molecule is O=C(NC1CCCCC1)ON1CCC2(C=C(c3ccccc3)NO2)CC1. The summed E-state index contributed by atoms with van der Waals surface area (Å²) in [5.74, 6) is 0. The van der Waals surface area contributed by atoms with Crippen molar-refractivity contribution in [3.8, 4) is 0 Å². The van der Waals surface area contributed by atoms with E-state index in [0.29, 0.717) is 13.1 Å². The molecule has 26 heavy (non-hydrogen) atoms. The van der Waals surface area contributed by atoms with Crippen molar-refractivity contribution in [2.24, 2.45) is 0 Å². The molecule has 1 saturated heterocycles. The molecule has 3 aliphatic rings. The van der Waals surface area contributed by atoms with Gasteiger partial charge in [-0.25, -0.2) is 4.79 Å². The number of carbonyl (C=O) groups excluding carboxylic acids is 1. The van der Waals surface area contributed by atoms with Crippen LogP contribution in [0.1, 0.15) is 50.5 Å². The minimum absolute atomic E-state index is 0.270. The first kappa shape index (κ1) is 17.4. The average Bonchev–Trinajstić information content (AvgIpc) is 3.09. The monoisotopic (exact) mass is 357 g/mol. The minimum atomic E-state index is -0.321. The van der Waals surface area contributed by atoms with Gasteiger partial charge in [-0.15, -0.1) is 5.06 Å². The predicted molar refractivity (Wildman–Crippen MR) is 98.7 cm³/mol. The van der Waals surface area contributed by atoms with E-state index in [1.807, 2.05) is 18.2 Å². The molecule has 1 aliphatic carbocycles. The highest BCUT2D eigenvalue weighted by Crippen LogP contribution is 2.34. The van der Waals surface area contributed by atoms with Crippen LogP contribution in [0.15, 0.2) is 36.4 Å². The third-order valence-corrected chi connectivity index (χ3v) is 5.56. The van der Waals surface area contributed by atoms with Crippen LogP contribution in [0.3, 0.4) is 0 Å². The van der Waals surface area contributed by atoms with Crippen molar-refractivity contribution in [1.82, 2.24) is 15.9 Å². The standard InChI is InChI=1S/C20H27N3O3/c24-19(21-17-9-5-2-6-10-17)25-23-13-11-20(12-14-23)15-18(22-26-20)16-7-3-1-4-8-16/h1,3-4,7-8,15,17,22H,2,5-6,9-14H2,(H,21,24). The first-order valence-corrected chi connectivity index (χ1v) is 9.68. The molecule has 0 radical (unpaired) electrons. The predicted octanol–water partition coefficient (Wildman–Crippen LogP) is 3.37. The molecule has 1 saturated carbocycles. The first-order chi connectivity index (χ1) is 12.7. The number of carbonyl (C=O) groups is 1. The van der Waals surface area contributed by atoms with Gasteiger partial charge in [0, 0.05) is 19.1 Å². The zero-order chi connectivity index (χ0) is 17.8. The summed E-state index contributed by atoms with van der Waals surface area (Å²) in [4.78, 5) is 23.5. The summed E-state index contributed by atoms with van der Waals surface area (Å²) in [6.07, 6.45) is 9.19. The molecule has 6 heteroatoms. The van der Waals surface area contributed by atoms with Crippen LogP contribution < -0.4 is 10.8 Å². The Kier molecular flexibility index (Phi) is 5.13. The smallest absolute Gasteiger partial charge is 0.351 e. The van der Waals surface area contributed by atoms with E-state index in [1.165, 1.54) is 19.3 Å². The number of hydrogen-bond acceptors (Lipinski definition) is 5. The minimum Gasteiger partial charge on any atom is -0.351 e. The van der Waals surface area contributed by atoms with Gasteiger partial charge in [-0.1, -0.05) is 49.6 Å². The maximum Gasteiger partial charge on any atom is 0.426 e. The number of nitrogens with one attached hydrogen (secondary N) is 2. The third kappa shape index (κ3) is 4.02. The number of benzene rings is 1. The third-order valence-electron chi connectivity index (χ3n) is 5.56. The summed E-state index contributed by atoms with van der Waals surface area (Å²) in [7, 11) is 0. The Hall–Kier alpha value is -2.05. The number of amides is 1. The van der Waals surface area contributed by atoms with Gasteiger partial charge in [0.15, 0.2) is 0 Å². The van der Waals surface area contributed by atoms with E-state index in [1.54, 1.807) is 5.06 Å². The number of piperidine rings is 1. The molecular formula is C20H27N3O3. The molecule has 1 spiro atoms. The highest BCUT2D eigenvalue weighted by Gasteiger charge is 2.39. The van der Waals surface area contributed by atoms with Crippen LogP contribution >= 0.6 is 0 Å². The molecule has 140 valence electrons. The number of rotatable bonds is 3. The van der Waals surface area contributed by atoms with E-state index < -0.39 is 0 Å². The summed E-state index contributed by atoms with van der Waals surface area (Å²) in [5.41, 5.74) is 4.88.